The molecule has 0 fully saturated rings. The second-order valence-corrected chi connectivity index (χ2v) is 4.92. The van der Waals surface area contributed by atoms with Crippen molar-refractivity contribution in [2.24, 2.45) is 5.92 Å². The third kappa shape index (κ3) is 5.07. The molecule has 1 atom stereocenters. The zero-order chi connectivity index (χ0) is 13.4. The number of aliphatic hydroxyl groups is 1. The van der Waals surface area contributed by atoms with Gasteiger partial charge in [-0.2, -0.15) is 0 Å². The molecule has 18 heavy (non-hydrogen) atoms. The summed E-state index contributed by atoms with van der Waals surface area (Å²) in [5.74, 6) is 1.34. The highest BCUT2D eigenvalue weighted by Crippen LogP contribution is 2.19. The van der Waals surface area contributed by atoms with Crippen LogP contribution < -0.4 is 10.1 Å². The first-order chi connectivity index (χ1) is 8.67. The molecule has 0 amide bonds. The van der Waals surface area contributed by atoms with Crippen LogP contribution in [0.1, 0.15) is 30.9 Å². The molecule has 102 valence electrons. The fraction of sp³-hybridized carbons (Fsp3) is 0.600. The lowest BCUT2D eigenvalue weighted by Crippen LogP contribution is -2.16. The Labute approximate surface area is 110 Å². The van der Waals surface area contributed by atoms with Crippen LogP contribution in [-0.4, -0.2) is 25.4 Å². The first-order valence-electron chi connectivity index (χ1n) is 6.62. The molecule has 1 rings (SSSR count). The summed E-state index contributed by atoms with van der Waals surface area (Å²) < 4.78 is 5.34. The van der Waals surface area contributed by atoms with E-state index < -0.39 is 0 Å². The summed E-state index contributed by atoms with van der Waals surface area (Å²) in [6.07, 6.45) is 2.16. The van der Waals surface area contributed by atoms with Crippen molar-refractivity contribution < 1.29 is 9.84 Å². The predicted molar refractivity (Wildman–Crippen MR) is 74.9 cm³/mol. The summed E-state index contributed by atoms with van der Waals surface area (Å²) in [6, 6.07) is 6.23. The molecule has 0 heterocycles. The van der Waals surface area contributed by atoms with Gasteiger partial charge in [0.25, 0.3) is 0 Å². The molecule has 0 bridgehead atoms. The Morgan fingerprint density at radius 1 is 1.39 bits per heavy atom. The van der Waals surface area contributed by atoms with Crippen LogP contribution in [0.2, 0.25) is 0 Å². The molecule has 1 aromatic carbocycles. The van der Waals surface area contributed by atoms with E-state index in [1.807, 2.05) is 6.07 Å². The maximum absolute atomic E-state index is 8.93. The SMILES string of the molecule is COc1ccc(C)cc1CNCCCC(C)CO. The van der Waals surface area contributed by atoms with Crippen molar-refractivity contribution in [3.05, 3.63) is 29.3 Å². The third-order valence-corrected chi connectivity index (χ3v) is 3.11. The third-order valence-electron chi connectivity index (χ3n) is 3.11. The number of hydrogen-bond donors (Lipinski definition) is 2. The van der Waals surface area contributed by atoms with Gasteiger partial charge >= 0.3 is 0 Å². The molecule has 2 N–H and O–H groups in total. The van der Waals surface area contributed by atoms with Crippen molar-refractivity contribution in [3.8, 4) is 5.75 Å². The van der Waals surface area contributed by atoms with E-state index in [9.17, 15) is 0 Å². The molecule has 0 saturated carbocycles. The van der Waals surface area contributed by atoms with Gasteiger partial charge in [0.1, 0.15) is 5.75 Å². The summed E-state index contributed by atoms with van der Waals surface area (Å²) in [4.78, 5) is 0. The minimum absolute atomic E-state index is 0.283. The van der Waals surface area contributed by atoms with E-state index in [2.05, 4.69) is 31.3 Å². The number of hydrogen-bond acceptors (Lipinski definition) is 3. The lowest BCUT2D eigenvalue weighted by atomic mass is 10.1. The summed E-state index contributed by atoms with van der Waals surface area (Å²) >= 11 is 0. The molecule has 0 aliphatic heterocycles. The number of aliphatic hydroxyl groups excluding tert-OH is 1. The molecule has 0 radical (unpaired) electrons. The monoisotopic (exact) mass is 251 g/mol. The first kappa shape index (κ1) is 15.0. The van der Waals surface area contributed by atoms with Crippen molar-refractivity contribution in [2.45, 2.75) is 33.2 Å². The second-order valence-electron chi connectivity index (χ2n) is 4.92. The van der Waals surface area contributed by atoms with Gasteiger partial charge in [-0.1, -0.05) is 24.6 Å². The minimum atomic E-state index is 0.283. The zero-order valence-corrected chi connectivity index (χ0v) is 11.7. The highest BCUT2D eigenvalue weighted by molar-refractivity contribution is 5.36. The fourth-order valence-electron chi connectivity index (χ4n) is 1.94. The van der Waals surface area contributed by atoms with Crippen molar-refractivity contribution in [3.63, 3.8) is 0 Å². The standard InChI is InChI=1S/C15H25NO2/c1-12-6-7-15(18-3)14(9-12)10-16-8-4-5-13(2)11-17/h6-7,9,13,16-17H,4-5,8,10-11H2,1-3H3. The Kier molecular flexibility index (Phi) is 6.76. The molecular weight excluding hydrogens is 226 g/mol. The molecule has 3 nitrogen and oxygen atoms in total. The largest absolute Gasteiger partial charge is 0.496 e. The molecule has 0 aromatic heterocycles. The normalized spacial score (nSPS) is 12.4. The van der Waals surface area contributed by atoms with Crippen LogP contribution in [0, 0.1) is 12.8 Å². The van der Waals surface area contributed by atoms with Crippen LogP contribution >= 0.6 is 0 Å². The van der Waals surface area contributed by atoms with Crippen molar-refractivity contribution in [1.82, 2.24) is 5.32 Å². The summed E-state index contributed by atoms with van der Waals surface area (Å²) in [5, 5.41) is 12.4. The Balaban J connectivity index is 2.32. The van der Waals surface area contributed by atoms with E-state index in [4.69, 9.17) is 9.84 Å². The minimum Gasteiger partial charge on any atom is -0.496 e. The predicted octanol–water partition coefficient (Wildman–Crippen LogP) is 2.50. The molecule has 0 aliphatic rings. The highest BCUT2D eigenvalue weighted by atomic mass is 16.5. The number of methoxy groups -OCH3 is 1. The van der Waals surface area contributed by atoms with Gasteiger partial charge < -0.3 is 15.2 Å². The van der Waals surface area contributed by atoms with E-state index in [1.165, 1.54) is 11.1 Å². The van der Waals surface area contributed by atoms with Crippen LogP contribution in [-0.2, 0) is 6.54 Å². The van der Waals surface area contributed by atoms with Gasteiger partial charge in [0.15, 0.2) is 0 Å². The Hall–Kier alpha value is -1.06. The molecule has 1 aromatic rings. The van der Waals surface area contributed by atoms with E-state index in [0.29, 0.717) is 5.92 Å². The van der Waals surface area contributed by atoms with Gasteiger partial charge in [0.2, 0.25) is 0 Å². The van der Waals surface area contributed by atoms with Crippen LogP contribution in [0.4, 0.5) is 0 Å². The first-order valence-corrected chi connectivity index (χ1v) is 6.62. The van der Waals surface area contributed by atoms with Crippen molar-refractivity contribution in [1.29, 1.82) is 0 Å². The Morgan fingerprint density at radius 3 is 2.83 bits per heavy atom. The lowest BCUT2D eigenvalue weighted by Gasteiger charge is -2.11. The Morgan fingerprint density at radius 2 is 2.17 bits per heavy atom. The van der Waals surface area contributed by atoms with Crippen LogP contribution in [0.3, 0.4) is 0 Å². The zero-order valence-electron chi connectivity index (χ0n) is 11.7. The number of aryl methyl sites for hydroxylation is 1. The van der Waals surface area contributed by atoms with Gasteiger partial charge in [-0.15, -0.1) is 0 Å². The molecular formula is C15H25NO2. The smallest absolute Gasteiger partial charge is 0.123 e. The number of benzene rings is 1. The average Bonchev–Trinajstić information content (AvgIpc) is 2.38. The Bertz CT molecular complexity index is 352. The van der Waals surface area contributed by atoms with E-state index >= 15 is 0 Å². The van der Waals surface area contributed by atoms with Gasteiger partial charge in [0.05, 0.1) is 7.11 Å². The molecule has 0 aliphatic carbocycles. The van der Waals surface area contributed by atoms with E-state index in [1.54, 1.807) is 7.11 Å². The number of nitrogens with one attached hydrogen (secondary N) is 1. The van der Waals surface area contributed by atoms with E-state index in [0.717, 1.165) is 31.7 Å². The molecule has 0 spiro atoms. The van der Waals surface area contributed by atoms with Crippen molar-refractivity contribution >= 4 is 0 Å². The molecule has 1 unspecified atom stereocenters. The highest BCUT2D eigenvalue weighted by Gasteiger charge is 2.03. The van der Waals surface area contributed by atoms with Gasteiger partial charge in [-0.05, 0) is 38.3 Å². The quantitative estimate of drug-likeness (QED) is 0.698. The van der Waals surface area contributed by atoms with Gasteiger partial charge in [0, 0.05) is 18.7 Å². The maximum atomic E-state index is 8.93. The molecule has 0 saturated heterocycles. The average molecular weight is 251 g/mol. The summed E-state index contributed by atoms with van der Waals surface area (Å²) in [6.45, 7) is 6.25. The van der Waals surface area contributed by atoms with Gasteiger partial charge in [-0.25, -0.2) is 0 Å². The van der Waals surface area contributed by atoms with Crippen molar-refractivity contribution in [2.75, 3.05) is 20.3 Å². The molecule has 3 heteroatoms. The second kappa shape index (κ2) is 8.11. The lowest BCUT2D eigenvalue weighted by molar-refractivity contribution is 0.228. The summed E-state index contributed by atoms with van der Waals surface area (Å²) in [7, 11) is 1.71. The topological polar surface area (TPSA) is 41.5 Å². The fourth-order valence-corrected chi connectivity index (χ4v) is 1.94. The maximum Gasteiger partial charge on any atom is 0.123 e. The van der Waals surface area contributed by atoms with Gasteiger partial charge in [-0.3, -0.25) is 0 Å². The van der Waals surface area contributed by atoms with Crippen LogP contribution in [0.5, 0.6) is 5.75 Å². The summed E-state index contributed by atoms with van der Waals surface area (Å²) in [5.41, 5.74) is 2.45. The number of rotatable bonds is 8. The van der Waals surface area contributed by atoms with E-state index in [-0.39, 0.29) is 6.61 Å². The number of ether oxygens (including phenoxy) is 1. The van der Waals surface area contributed by atoms with Crippen LogP contribution in [0.25, 0.3) is 0 Å². The van der Waals surface area contributed by atoms with Crippen LogP contribution in [0.15, 0.2) is 18.2 Å².